The molecule has 0 aliphatic carbocycles. The van der Waals surface area contributed by atoms with E-state index in [9.17, 15) is 9.59 Å². The Morgan fingerprint density at radius 2 is 2.00 bits per heavy atom. The van der Waals surface area contributed by atoms with Gasteiger partial charge in [-0.25, -0.2) is 9.59 Å². The molecule has 2 atom stereocenters. The molecule has 2 fully saturated rings. The highest BCUT2D eigenvalue weighted by atomic mass is 16.4. The van der Waals surface area contributed by atoms with E-state index in [4.69, 9.17) is 5.11 Å². The maximum atomic E-state index is 12.0. The summed E-state index contributed by atoms with van der Waals surface area (Å²) in [4.78, 5) is 26.8. The highest BCUT2D eigenvalue weighted by molar-refractivity contribution is 5.83. The number of nitrogens with one attached hydrogen (secondary N) is 1. The number of amides is 2. The second-order valence-corrected chi connectivity index (χ2v) is 5.65. The lowest BCUT2D eigenvalue weighted by molar-refractivity contribution is -0.141. The molecule has 0 aromatic carbocycles. The molecule has 0 radical (unpaired) electrons. The van der Waals surface area contributed by atoms with Gasteiger partial charge in [0.1, 0.15) is 6.04 Å². The Morgan fingerprint density at radius 3 is 2.68 bits per heavy atom. The first-order valence-corrected chi connectivity index (χ1v) is 7.03. The average Bonchev–Trinajstić information content (AvgIpc) is 2.85. The van der Waals surface area contributed by atoms with Crippen molar-refractivity contribution in [1.29, 1.82) is 0 Å². The van der Waals surface area contributed by atoms with Crippen molar-refractivity contribution in [2.24, 2.45) is 5.92 Å². The summed E-state index contributed by atoms with van der Waals surface area (Å²) in [5, 5.41) is 12.0. The van der Waals surface area contributed by atoms with Gasteiger partial charge in [0.15, 0.2) is 0 Å². The highest BCUT2D eigenvalue weighted by Crippen LogP contribution is 2.18. The summed E-state index contributed by atoms with van der Waals surface area (Å²) in [6, 6.07) is -0.868. The lowest BCUT2D eigenvalue weighted by Crippen LogP contribution is -2.48. The van der Waals surface area contributed by atoms with E-state index in [1.165, 1.54) is 11.3 Å². The zero-order chi connectivity index (χ0) is 13.8. The number of rotatable bonds is 3. The van der Waals surface area contributed by atoms with Gasteiger partial charge >= 0.3 is 12.0 Å². The molecule has 2 saturated heterocycles. The van der Waals surface area contributed by atoms with Crippen LogP contribution in [-0.2, 0) is 4.79 Å². The van der Waals surface area contributed by atoms with Gasteiger partial charge in [0, 0.05) is 19.6 Å². The van der Waals surface area contributed by atoms with Crippen LogP contribution in [0, 0.1) is 5.92 Å². The second-order valence-electron chi connectivity index (χ2n) is 5.65. The lowest BCUT2D eigenvalue weighted by atomic mass is 9.99. The number of likely N-dealkylation sites (tertiary alicyclic amines) is 2. The molecule has 2 amide bonds. The maximum Gasteiger partial charge on any atom is 0.326 e. The number of carboxylic acids is 1. The number of aliphatic carboxylic acids is 1. The Hall–Kier alpha value is -1.30. The lowest BCUT2D eigenvalue weighted by Gasteiger charge is -2.30. The SMILES string of the molecule is CN1CCCC(CNC(=O)N2CCC[C@H]2C(=O)O)C1. The van der Waals surface area contributed by atoms with Crippen LogP contribution in [0.3, 0.4) is 0 Å². The first-order valence-electron chi connectivity index (χ1n) is 7.03. The van der Waals surface area contributed by atoms with Crippen molar-refractivity contribution in [3.05, 3.63) is 0 Å². The molecule has 6 nitrogen and oxygen atoms in total. The summed E-state index contributed by atoms with van der Waals surface area (Å²) in [5.41, 5.74) is 0. The van der Waals surface area contributed by atoms with E-state index in [0.29, 0.717) is 25.4 Å². The maximum absolute atomic E-state index is 12.0. The predicted octanol–water partition coefficient (Wildman–Crippen LogP) is 0.587. The van der Waals surface area contributed by atoms with E-state index in [-0.39, 0.29) is 6.03 Å². The Labute approximate surface area is 113 Å². The van der Waals surface area contributed by atoms with Crippen LogP contribution in [0.1, 0.15) is 25.7 Å². The Bertz CT molecular complexity index is 348. The van der Waals surface area contributed by atoms with Crippen molar-refractivity contribution in [1.82, 2.24) is 15.1 Å². The molecule has 6 heteroatoms. The number of hydrogen-bond donors (Lipinski definition) is 2. The molecule has 108 valence electrons. The van der Waals surface area contributed by atoms with Crippen LogP contribution in [0.5, 0.6) is 0 Å². The van der Waals surface area contributed by atoms with E-state index < -0.39 is 12.0 Å². The van der Waals surface area contributed by atoms with Crippen molar-refractivity contribution >= 4 is 12.0 Å². The fourth-order valence-corrected chi connectivity index (χ4v) is 3.04. The molecule has 1 unspecified atom stereocenters. The van der Waals surface area contributed by atoms with Gasteiger partial charge in [0.2, 0.25) is 0 Å². The Balaban J connectivity index is 1.79. The van der Waals surface area contributed by atoms with Crippen LogP contribution in [0.4, 0.5) is 4.79 Å². The standard InChI is InChI=1S/C13H23N3O3/c1-15-6-2-4-10(9-15)8-14-13(19)16-7-3-5-11(16)12(17)18/h10-11H,2-9H2,1H3,(H,14,19)(H,17,18)/t10?,11-/m0/s1. The summed E-state index contributed by atoms with van der Waals surface area (Å²) in [7, 11) is 2.09. The molecular formula is C13H23N3O3. The predicted molar refractivity (Wildman–Crippen MR) is 71.0 cm³/mol. The highest BCUT2D eigenvalue weighted by Gasteiger charge is 2.34. The van der Waals surface area contributed by atoms with E-state index in [1.54, 1.807) is 0 Å². The van der Waals surface area contributed by atoms with E-state index in [2.05, 4.69) is 17.3 Å². The van der Waals surface area contributed by atoms with Crippen LogP contribution >= 0.6 is 0 Å². The molecule has 2 heterocycles. The van der Waals surface area contributed by atoms with Gasteiger partial charge in [-0.05, 0) is 45.2 Å². The third-order valence-corrected chi connectivity index (χ3v) is 4.06. The molecule has 0 aromatic heterocycles. The molecule has 0 saturated carbocycles. The Kier molecular flexibility index (Phi) is 4.63. The number of hydrogen-bond acceptors (Lipinski definition) is 3. The quantitative estimate of drug-likeness (QED) is 0.786. The van der Waals surface area contributed by atoms with Gasteiger partial charge in [-0.3, -0.25) is 0 Å². The van der Waals surface area contributed by atoms with Gasteiger partial charge in [-0.2, -0.15) is 0 Å². The molecule has 2 aliphatic heterocycles. The molecule has 19 heavy (non-hydrogen) atoms. The summed E-state index contributed by atoms with van der Waals surface area (Å²) >= 11 is 0. The second kappa shape index (κ2) is 6.23. The van der Waals surface area contributed by atoms with Gasteiger partial charge in [-0.1, -0.05) is 0 Å². The minimum atomic E-state index is -0.898. The van der Waals surface area contributed by atoms with Gasteiger partial charge < -0.3 is 20.2 Å². The number of nitrogens with zero attached hydrogens (tertiary/aromatic N) is 2. The molecular weight excluding hydrogens is 246 g/mol. The fraction of sp³-hybridized carbons (Fsp3) is 0.846. The summed E-state index contributed by atoms with van der Waals surface area (Å²) in [5.74, 6) is -0.418. The van der Waals surface area contributed by atoms with E-state index in [0.717, 1.165) is 25.9 Å². The molecule has 0 bridgehead atoms. The third-order valence-electron chi connectivity index (χ3n) is 4.06. The topological polar surface area (TPSA) is 72.9 Å². The molecule has 2 rings (SSSR count). The smallest absolute Gasteiger partial charge is 0.326 e. The zero-order valence-corrected chi connectivity index (χ0v) is 11.5. The van der Waals surface area contributed by atoms with Crippen LogP contribution in [0.15, 0.2) is 0 Å². The first kappa shape index (κ1) is 14.1. The molecule has 0 aromatic rings. The van der Waals surface area contributed by atoms with Crippen molar-refractivity contribution < 1.29 is 14.7 Å². The Morgan fingerprint density at radius 1 is 1.26 bits per heavy atom. The normalized spacial score (nSPS) is 28.4. The average molecular weight is 269 g/mol. The van der Waals surface area contributed by atoms with Gasteiger partial charge in [0.25, 0.3) is 0 Å². The zero-order valence-electron chi connectivity index (χ0n) is 11.5. The van der Waals surface area contributed by atoms with Gasteiger partial charge in [0.05, 0.1) is 0 Å². The van der Waals surface area contributed by atoms with Crippen LogP contribution < -0.4 is 5.32 Å². The largest absolute Gasteiger partial charge is 0.480 e. The number of carbonyl (C=O) groups is 2. The summed E-state index contributed by atoms with van der Waals surface area (Å²) in [6.07, 6.45) is 3.64. The van der Waals surface area contributed by atoms with Crippen LogP contribution in [0.25, 0.3) is 0 Å². The van der Waals surface area contributed by atoms with Crippen molar-refractivity contribution in [2.75, 3.05) is 33.2 Å². The van der Waals surface area contributed by atoms with E-state index >= 15 is 0 Å². The van der Waals surface area contributed by atoms with Crippen LogP contribution in [-0.4, -0.2) is 66.2 Å². The van der Waals surface area contributed by atoms with Crippen LogP contribution in [0.2, 0.25) is 0 Å². The minimum Gasteiger partial charge on any atom is -0.480 e. The first-order chi connectivity index (χ1) is 9.08. The molecule has 2 N–H and O–H groups in total. The van der Waals surface area contributed by atoms with Gasteiger partial charge in [-0.15, -0.1) is 0 Å². The number of carbonyl (C=O) groups excluding carboxylic acids is 1. The number of carboxylic acid groups (broad SMARTS) is 1. The molecule has 0 spiro atoms. The van der Waals surface area contributed by atoms with E-state index in [1.807, 2.05) is 0 Å². The minimum absolute atomic E-state index is 0.224. The van der Waals surface area contributed by atoms with Crippen molar-refractivity contribution in [3.8, 4) is 0 Å². The third kappa shape index (κ3) is 3.59. The number of piperidine rings is 1. The summed E-state index contributed by atoms with van der Waals surface area (Å²) < 4.78 is 0. The molecule has 2 aliphatic rings. The fourth-order valence-electron chi connectivity index (χ4n) is 3.04. The monoisotopic (exact) mass is 269 g/mol. The van der Waals surface area contributed by atoms with Crippen molar-refractivity contribution in [3.63, 3.8) is 0 Å². The van der Waals surface area contributed by atoms with Crippen molar-refractivity contribution in [2.45, 2.75) is 31.7 Å². The summed E-state index contributed by atoms with van der Waals surface area (Å²) in [6.45, 7) is 3.32. The number of urea groups is 1.